The molecular weight excluding hydrogens is 354 g/mol. The average Bonchev–Trinajstić information content (AvgIpc) is 3.14. The van der Waals surface area contributed by atoms with Crippen molar-refractivity contribution < 1.29 is 14.1 Å². The molecule has 0 aliphatic rings. The van der Waals surface area contributed by atoms with E-state index < -0.39 is 0 Å². The van der Waals surface area contributed by atoms with E-state index in [1.807, 2.05) is 76.2 Å². The number of hydrogen-bond donors (Lipinski definition) is 0. The molecule has 0 unspecified atom stereocenters. The lowest BCUT2D eigenvalue weighted by molar-refractivity contribution is -0.136. The largest absolute Gasteiger partial charge is 0.484 e. The number of carbonyl (C=O) groups is 1. The summed E-state index contributed by atoms with van der Waals surface area (Å²) in [5.74, 6) is 1.49. The van der Waals surface area contributed by atoms with Gasteiger partial charge < -0.3 is 14.2 Å². The first kappa shape index (κ1) is 19.6. The van der Waals surface area contributed by atoms with Crippen molar-refractivity contribution in [2.75, 3.05) is 6.61 Å². The molecule has 0 saturated heterocycles. The second kappa shape index (κ2) is 8.69. The summed E-state index contributed by atoms with van der Waals surface area (Å²) in [6.45, 7) is 8.07. The normalized spacial score (nSPS) is 10.9. The third-order valence-corrected chi connectivity index (χ3v) is 4.47. The first-order valence-electron chi connectivity index (χ1n) is 9.31. The Morgan fingerprint density at radius 1 is 1.11 bits per heavy atom. The lowest BCUT2D eigenvalue weighted by Crippen LogP contribution is -2.39. The maximum atomic E-state index is 12.7. The highest BCUT2D eigenvalue weighted by Crippen LogP contribution is 2.19. The smallest absolute Gasteiger partial charge is 0.261 e. The van der Waals surface area contributed by atoms with Crippen LogP contribution in [0.3, 0.4) is 0 Å². The molecule has 0 atom stereocenters. The van der Waals surface area contributed by atoms with Crippen molar-refractivity contribution in [3.63, 3.8) is 0 Å². The van der Waals surface area contributed by atoms with Crippen molar-refractivity contribution >= 4 is 5.91 Å². The fourth-order valence-electron chi connectivity index (χ4n) is 2.78. The summed E-state index contributed by atoms with van der Waals surface area (Å²) in [6.07, 6.45) is 0. The number of para-hydroxylation sites is 1. The van der Waals surface area contributed by atoms with Crippen LogP contribution >= 0.6 is 0 Å². The fraction of sp³-hybridized carbons (Fsp3) is 0.318. The van der Waals surface area contributed by atoms with E-state index in [-0.39, 0.29) is 25.1 Å². The molecule has 0 aliphatic heterocycles. The highest BCUT2D eigenvalue weighted by atomic mass is 16.5. The summed E-state index contributed by atoms with van der Waals surface area (Å²) in [4.78, 5) is 18.8. The molecular formula is C22H25N3O3. The summed E-state index contributed by atoms with van der Waals surface area (Å²) in [5, 5.41) is 4.04. The quantitative estimate of drug-likeness (QED) is 0.616. The van der Waals surface area contributed by atoms with Crippen LogP contribution in [0.1, 0.15) is 30.9 Å². The van der Waals surface area contributed by atoms with Gasteiger partial charge in [0.05, 0.1) is 0 Å². The average molecular weight is 379 g/mol. The van der Waals surface area contributed by atoms with Gasteiger partial charge in [0.25, 0.3) is 5.91 Å². The second-order valence-electron chi connectivity index (χ2n) is 7.05. The molecule has 0 N–H and O–H groups in total. The van der Waals surface area contributed by atoms with Crippen molar-refractivity contribution in [3.05, 3.63) is 65.5 Å². The maximum absolute atomic E-state index is 12.7. The minimum Gasteiger partial charge on any atom is -0.484 e. The van der Waals surface area contributed by atoms with Crippen molar-refractivity contribution in [1.29, 1.82) is 0 Å². The Bertz CT molecular complexity index is 932. The lowest BCUT2D eigenvalue weighted by Gasteiger charge is -2.25. The minimum absolute atomic E-state index is 0.0253. The van der Waals surface area contributed by atoms with Crippen LogP contribution in [0, 0.1) is 13.8 Å². The second-order valence-corrected chi connectivity index (χ2v) is 7.05. The van der Waals surface area contributed by atoms with E-state index in [1.165, 1.54) is 0 Å². The van der Waals surface area contributed by atoms with Gasteiger partial charge in [-0.05, 0) is 39.3 Å². The van der Waals surface area contributed by atoms with E-state index >= 15 is 0 Å². The molecule has 1 amide bonds. The molecule has 6 nitrogen and oxygen atoms in total. The summed E-state index contributed by atoms with van der Waals surface area (Å²) in [6, 6.07) is 15.5. The van der Waals surface area contributed by atoms with Gasteiger partial charge in [-0.1, -0.05) is 53.2 Å². The Labute approximate surface area is 165 Å². The fourth-order valence-corrected chi connectivity index (χ4v) is 2.78. The van der Waals surface area contributed by atoms with Gasteiger partial charge in [0.2, 0.25) is 11.7 Å². The van der Waals surface area contributed by atoms with Gasteiger partial charge in [0.1, 0.15) is 12.3 Å². The first-order valence-corrected chi connectivity index (χ1v) is 9.31. The number of carbonyl (C=O) groups excluding carboxylic acids is 1. The summed E-state index contributed by atoms with van der Waals surface area (Å²) in [5.41, 5.74) is 3.04. The van der Waals surface area contributed by atoms with Crippen LogP contribution in [0.5, 0.6) is 5.75 Å². The molecule has 3 rings (SSSR count). The molecule has 0 spiro atoms. The summed E-state index contributed by atoms with van der Waals surface area (Å²) in [7, 11) is 0. The number of aromatic nitrogens is 2. The van der Waals surface area contributed by atoms with Crippen LogP contribution < -0.4 is 4.74 Å². The van der Waals surface area contributed by atoms with Crippen LogP contribution in [-0.4, -0.2) is 33.6 Å². The molecule has 1 aromatic heterocycles. The Hall–Kier alpha value is -3.15. The number of nitrogens with zero attached hydrogens (tertiary/aromatic N) is 3. The van der Waals surface area contributed by atoms with Crippen molar-refractivity contribution in [3.8, 4) is 17.1 Å². The molecule has 3 aromatic rings. The molecule has 2 aromatic carbocycles. The topological polar surface area (TPSA) is 68.5 Å². The van der Waals surface area contributed by atoms with E-state index in [0.29, 0.717) is 17.5 Å². The van der Waals surface area contributed by atoms with Crippen LogP contribution in [0.2, 0.25) is 0 Å². The number of benzene rings is 2. The standard InChI is InChI=1S/C22H25N3O3/c1-15(2)25(21(26)14-27-19-8-6-5-7-17(19)4)13-20-23-22(24-28-20)18-11-9-16(3)10-12-18/h5-12,15H,13-14H2,1-4H3. The Kier molecular flexibility index (Phi) is 6.09. The molecule has 0 aliphatic carbocycles. The molecule has 0 saturated carbocycles. The lowest BCUT2D eigenvalue weighted by atomic mass is 10.1. The Morgan fingerprint density at radius 2 is 1.82 bits per heavy atom. The number of ether oxygens (including phenoxy) is 1. The highest BCUT2D eigenvalue weighted by Gasteiger charge is 2.21. The van der Waals surface area contributed by atoms with E-state index in [4.69, 9.17) is 9.26 Å². The van der Waals surface area contributed by atoms with Gasteiger partial charge in [0.15, 0.2) is 6.61 Å². The third-order valence-electron chi connectivity index (χ3n) is 4.47. The van der Waals surface area contributed by atoms with Crippen LogP contribution in [0.15, 0.2) is 53.1 Å². The molecule has 28 heavy (non-hydrogen) atoms. The van der Waals surface area contributed by atoms with Gasteiger partial charge in [-0.15, -0.1) is 0 Å². The molecule has 146 valence electrons. The summed E-state index contributed by atoms with van der Waals surface area (Å²) >= 11 is 0. The Morgan fingerprint density at radius 3 is 2.50 bits per heavy atom. The SMILES string of the molecule is Cc1ccc(-c2noc(CN(C(=O)COc3ccccc3C)C(C)C)n2)cc1. The number of aryl methyl sites for hydroxylation is 2. The van der Waals surface area contributed by atoms with Crippen LogP contribution in [0.4, 0.5) is 0 Å². The zero-order valence-corrected chi connectivity index (χ0v) is 16.7. The molecule has 6 heteroatoms. The number of hydrogen-bond acceptors (Lipinski definition) is 5. The van der Waals surface area contributed by atoms with Gasteiger partial charge >= 0.3 is 0 Å². The van der Waals surface area contributed by atoms with Gasteiger partial charge in [-0.25, -0.2) is 0 Å². The highest BCUT2D eigenvalue weighted by molar-refractivity contribution is 5.78. The monoisotopic (exact) mass is 379 g/mol. The zero-order valence-electron chi connectivity index (χ0n) is 16.7. The van der Waals surface area contributed by atoms with E-state index in [1.54, 1.807) is 4.90 Å². The number of amides is 1. The van der Waals surface area contributed by atoms with E-state index in [2.05, 4.69) is 10.1 Å². The van der Waals surface area contributed by atoms with E-state index in [9.17, 15) is 4.79 Å². The third kappa shape index (κ3) is 4.76. The predicted octanol–water partition coefficient (Wildman–Crippen LogP) is 4.17. The van der Waals surface area contributed by atoms with Crippen molar-refractivity contribution in [1.82, 2.24) is 15.0 Å². The maximum Gasteiger partial charge on any atom is 0.261 e. The van der Waals surface area contributed by atoms with Crippen molar-refractivity contribution in [2.45, 2.75) is 40.3 Å². The Balaban J connectivity index is 1.66. The van der Waals surface area contributed by atoms with Gasteiger partial charge in [-0.2, -0.15) is 4.98 Å². The van der Waals surface area contributed by atoms with Gasteiger partial charge in [-0.3, -0.25) is 4.79 Å². The van der Waals surface area contributed by atoms with Crippen LogP contribution in [-0.2, 0) is 11.3 Å². The zero-order chi connectivity index (χ0) is 20.1. The van der Waals surface area contributed by atoms with E-state index in [0.717, 1.165) is 16.7 Å². The van der Waals surface area contributed by atoms with Crippen LogP contribution in [0.25, 0.3) is 11.4 Å². The molecule has 0 radical (unpaired) electrons. The summed E-state index contributed by atoms with van der Waals surface area (Å²) < 4.78 is 11.1. The minimum atomic E-state index is -0.131. The molecule has 1 heterocycles. The number of rotatable bonds is 7. The molecule has 0 bridgehead atoms. The first-order chi connectivity index (χ1) is 13.4. The molecule has 0 fully saturated rings. The van der Waals surface area contributed by atoms with Crippen molar-refractivity contribution in [2.24, 2.45) is 0 Å². The predicted molar refractivity (Wildman–Crippen MR) is 107 cm³/mol. The van der Waals surface area contributed by atoms with Gasteiger partial charge in [0, 0.05) is 11.6 Å².